The molecule has 0 saturated carbocycles. The minimum absolute atomic E-state index is 0.0267. The van der Waals surface area contributed by atoms with Crippen LogP contribution in [0.2, 0.25) is 0 Å². The van der Waals surface area contributed by atoms with Crippen LogP contribution in [0.15, 0.2) is 53.7 Å². The third-order valence-corrected chi connectivity index (χ3v) is 3.50. The number of carbonyl (C=O) groups excluding carboxylic acids is 1. The van der Waals surface area contributed by atoms with Crippen molar-refractivity contribution in [2.75, 3.05) is 7.11 Å². The molecule has 0 fully saturated rings. The fourth-order valence-corrected chi connectivity index (χ4v) is 2.33. The molecular formula is C17H16N4O3. The summed E-state index contributed by atoms with van der Waals surface area (Å²) in [6.45, 7) is 0. The molecule has 24 heavy (non-hydrogen) atoms. The highest BCUT2D eigenvalue weighted by molar-refractivity contribution is 5.83. The van der Waals surface area contributed by atoms with E-state index in [1.165, 1.54) is 10.9 Å². The van der Waals surface area contributed by atoms with E-state index in [0.717, 1.165) is 5.56 Å². The van der Waals surface area contributed by atoms with E-state index in [-0.39, 0.29) is 24.2 Å². The number of nitrogens with zero attached hydrogens (tertiary/aromatic N) is 3. The lowest BCUT2D eigenvalue weighted by molar-refractivity contribution is -0.117. The molecule has 0 aliphatic heterocycles. The predicted octanol–water partition coefficient (Wildman–Crippen LogP) is 1.32. The molecule has 2 heterocycles. The molecule has 0 saturated heterocycles. The van der Waals surface area contributed by atoms with E-state index in [4.69, 9.17) is 4.74 Å². The highest BCUT2D eigenvalue weighted by Crippen LogP contribution is 2.13. The molecule has 1 aromatic carbocycles. The summed E-state index contributed by atoms with van der Waals surface area (Å²) < 4.78 is 6.59. The summed E-state index contributed by atoms with van der Waals surface area (Å²) in [5.41, 5.74) is 0.838. The standard InChI is InChI=1S/C17H16N4O3/c1-24-15-5-2-4-12(9-15)8-14(22)10-13-11-18-17(20-16(13)23)21-7-3-6-19-21/h2-7,9,11H,8,10H2,1H3,(H,18,20,23). The molecule has 7 heteroatoms. The number of hydrogen-bond donors (Lipinski definition) is 1. The lowest BCUT2D eigenvalue weighted by Crippen LogP contribution is -2.20. The van der Waals surface area contributed by atoms with Crippen molar-refractivity contribution in [2.45, 2.75) is 12.8 Å². The maximum atomic E-state index is 12.2. The normalized spacial score (nSPS) is 10.5. The third-order valence-electron chi connectivity index (χ3n) is 3.50. The van der Waals surface area contributed by atoms with E-state index in [9.17, 15) is 9.59 Å². The van der Waals surface area contributed by atoms with Gasteiger partial charge in [0, 0.05) is 37.0 Å². The van der Waals surface area contributed by atoms with Gasteiger partial charge in [-0.15, -0.1) is 0 Å². The van der Waals surface area contributed by atoms with E-state index >= 15 is 0 Å². The Kier molecular flexibility index (Phi) is 4.51. The van der Waals surface area contributed by atoms with Crippen molar-refractivity contribution in [1.82, 2.24) is 19.7 Å². The zero-order chi connectivity index (χ0) is 16.9. The summed E-state index contributed by atoms with van der Waals surface area (Å²) in [4.78, 5) is 31.1. The Labute approximate surface area is 137 Å². The molecule has 0 atom stereocenters. The summed E-state index contributed by atoms with van der Waals surface area (Å²) in [7, 11) is 1.58. The van der Waals surface area contributed by atoms with Gasteiger partial charge in [-0.2, -0.15) is 5.10 Å². The smallest absolute Gasteiger partial charge is 0.255 e. The van der Waals surface area contributed by atoms with Crippen LogP contribution in [0.4, 0.5) is 0 Å². The number of hydrogen-bond acceptors (Lipinski definition) is 5. The Bertz CT molecular complexity index is 900. The van der Waals surface area contributed by atoms with Crippen LogP contribution in [0.5, 0.6) is 5.75 Å². The first kappa shape index (κ1) is 15.7. The number of ketones is 1. The van der Waals surface area contributed by atoms with Gasteiger partial charge in [0.25, 0.3) is 5.56 Å². The molecule has 122 valence electrons. The number of aromatic amines is 1. The number of H-pyrrole nitrogens is 1. The van der Waals surface area contributed by atoms with Crippen LogP contribution in [0, 0.1) is 0 Å². The number of methoxy groups -OCH3 is 1. The predicted molar refractivity (Wildman–Crippen MR) is 87.4 cm³/mol. The van der Waals surface area contributed by atoms with Gasteiger partial charge in [0.2, 0.25) is 5.95 Å². The van der Waals surface area contributed by atoms with Crippen molar-refractivity contribution < 1.29 is 9.53 Å². The molecule has 1 N–H and O–H groups in total. The summed E-state index contributed by atoms with van der Waals surface area (Å²) in [5.74, 6) is 0.944. The second kappa shape index (κ2) is 6.91. The van der Waals surface area contributed by atoms with Gasteiger partial charge in [-0.25, -0.2) is 9.67 Å². The van der Waals surface area contributed by atoms with Crippen LogP contribution in [-0.4, -0.2) is 32.6 Å². The fourth-order valence-electron chi connectivity index (χ4n) is 2.33. The number of rotatable bonds is 6. The van der Waals surface area contributed by atoms with Gasteiger partial charge in [-0.3, -0.25) is 14.6 Å². The van der Waals surface area contributed by atoms with Crippen molar-refractivity contribution in [2.24, 2.45) is 0 Å². The molecule has 3 rings (SSSR count). The van der Waals surface area contributed by atoms with Crippen molar-refractivity contribution in [3.05, 3.63) is 70.4 Å². The Morgan fingerprint density at radius 3 is 2.88 bits per heavy atom. The van der Waals surface area contributed by atoms with Gasteiger partial charge in [0.1, 0.15) is 11.5 Å². The number of nitrogens with one attached hydrogen (secondary N) is 1. The summed E-state index contributed by atoms with van der Waals surface area (Å²) in [5, 5.41) is 4.00. The Hall–Kier alpha value is -3.22. The van der Waals surface area contributed by atoms with Crippen LogP contribution in [0.3, 0.4) is 0 Å². The molecule has 3 aromatic rings. The third kappa shape index (κ3) is 3.57. The molecule has 2 aromatic heterocycles. The maximum absolute atomic E-state index is 12.2. The van der Waals surface area contributed by atoms with Gasteiger partial charge in [-0.1, -0.05) is 12.1 Å². The first-order valence-corrected chi connectivity index (χ1v) is 7.38. The monoisotopic (exact) mass is 324 g/mol. The summed E-state index contributed by atoms with van der Waals surface area (Å²) in [6.07, 6.45) is 4.94. The Morgan fingerprint density at radius 1 is 1.29 bits per heavy atom. The Balaban J connectivity index is 1.71. The lowest BCUT2D eigenvalue weighted by Gasteiger charge is -2.05. The highest BCUT2D eigenvalue weighted by Gasteiger charge is 2.11. The average Bonchev–Trinajstić information content (AvgIpc) is 3.11. The van der Waals surface area contributed by atoms with E-state index in [0.29, 0.717) is 17.3 Å². The van der Waals surface area contributed by atoms with E-state index < -0.39 is 0 Å². The van der Waals surface area contributed by atoms with E-state index in [1.54, 1.807) is 31.6 Å². The largest absolute Gasteiger partial charge is 0.497 e. The SMILES string of the molecule is COc1cccc(CC(=O)Cc2cnc(-n3cccn3)[nH]c2=O)c1. The van der Waals surface area contributed by atoms with Crippen LogP contribution < -0.4 is 10.3 Å². The van der Waals surface area contributed by atoms with Gasteiger partial charge >= 0.3 is 0 Å². The first-order chi connectivity index (χ1) is 11.7. The van der Waals surface area contributed by atoms with Gasteiger partial charge in [0.15, 0.2) is 0 Å². The second-order valence-corrected chi connectivity index (χ2v) is 5.26. The molecule has 0 amide bonds. The van der Waals surface area contributed by atoms with Crippen LogP contribution in [-0.2, 0) is 17.6 Å². The minimum Gasteiger partial charge on any atom is -0.497 e. The zero-order valence-electron chi connectivity index (χ0n) is 13.1. The van der Waals surface area contributed by atoms with Crippen molar-refractivity contribution >= 4 is 5.78 Å². The number of benzene rings is 1. The highest BCUT2D eigenvalue weighted by atomic mass is 16.5. The number of Topliss-reactive ketones (excluding diaryl/α,β-unsaturated/α-hetero) is 1. The molecule has 0 unspecified atom stereocenters. The summed E-state index contributed by atoms with van der Waals surface area (Å²) in [6, 6.07) is 9.03. The van der Waals surface area contributed by atoms with Gasteiger partial charge < -0.3 is 4.74 Å². The van der Waals surface area contributed by atoms with Crippen LogP contribution in [0.25, 0.3) is 5.95 Å². The topological polar surface area (TPSA) is 89.9 Å². The second-order valence-electron chi connectivity index (χ2n) is 5.26. The number of aromatic nitrogens is 4. The molecule has 7 nitrogen and oxygen atoms in total. The molecule has 0 aliphatic carbocycles. The van der Waals surface area contributed by atoms with E-state index in [2.05, 4.69) is 15.1 Å². The average molecular weight is 324 g/mol. The quantitative estimate of drug-likeness (QED) is 0.738. The minimum atomic E-state index is -0.338. The van der Waals surface area contributed by atoms with Crippen LogP contribution >= 0.6 is 0 Å². The van der Waals surface area contributed by atoms with Crippen LogP contribution in [0.1, 0.15) is 11.1 Å². The molecule has 0 aliphatic rings. The lowest BCUT2D eigenvalue weighted by atomic mass is 10.0. The number of ether oxygens (including phenoxy) is 1. The zero-order valence-corrected chi connectivity index (χ0v) is 13.1. The molecule has 0 radical (unpaired) electrons. The maximum Gasteiger partial charge on any atom is 0.255 e. The molecule has 0 spiro atoms. The van der Waals surface area contributed by atoms with Crippen molar-refractivity contribution in [1.29, 1.82) is 0 Å². The first-order valence-electron chi connectivity index (χ1n) is 7.38. The van der Waals surface area contributed by atoms with Crippen molar-refractivity contribution in [3.63, 3.8) is 0 Å². The summed E-state index contributed by atoms with van der Waals surface area (Å²) >= 11 is 0. The van der Waals surface area contributed by atoms with E-state index in [1.807, 2.05) is 18.2 Å². The molecular weight excluding hydrogens is 308 g/mol. The fraction of sp³-hybridized carbons (Fsp3) is 0.176. The van der Waals surface area contributed by atoms with Crippen molar-refractivity contribution in [3.8, 4) is 11.7 Å². The Morgan fingerprint density at radius 2 is 2.17 bits per heavy atom. The molecule has 0 bridgehead atoms. The van der Waals surface area contributed by atoms with Gasteiger partial charge in [-0.05, 0) is 23.8 Å². The number of carbonyl (C=O) groups is 1. The van der Waals surface area contributed by atoms with Gasteiger partial charge in [0.05, 0.1) is 7.11 Å².